The van der Waals surface area contributed by atoms with Gasteiger partial charge >= 0.3 is 0 Å². The Balaban J connectivity index is 1.95. The molecule has 0 saturated heterocycles. The Hall–Kier alpha value is -2.69. The second-order valence-corrected chi connectivity index (χ2v) is 9.23. The van der Waals surface area contributed by atoms with E-state index in [4.69, 9.17) is 4.52 Å². The van der Waals surface area contributed by atoms with Crippen molar-refractivity contribution in [3.8, 4) is 0 Å². The smallest absolute Gasteiger partial charge is 0.229 e. The number of para-hydroxylation sites is 2. The van der Waals surface area contributed by atoms with Crippen LogP contribution in [0, 0.1) is 6.92 Å². The number of rotatable bonds is 7. The van der Waals surface area contributed by atoms with Crippen LogP contribution in [0.5, 0.6) is 0 Å². The number of aromatic nitrogens is 2. The summed E-state index contributed by atoms with van der Waals surface area (Å²) in [6, 6.07) is 19.5. The Morgan fingerprint density at radius 1 is 1.04 bits per heavy atom. The molecule has 0 aliphatic heterocycles. The average molecular weight is 382 g/mol. The molecule has 3 rings (SSSR count). The third-order valence-corrected chi connectivity index (χ3v) is 4.53. The maximum Gasteiger partial charge on any atom is 0.229 e. The van der Waals surface area contributed by atoms with Gasteiger partial charge in [-0.15, -0.1) is 0 Å². The number of hydrogen-bond acceptors (Lipinski definition) is 6. The largest absolute Gasteiger partial charge is 0.324 e. The lowest BCUT2D eigenvalue weighted by molar-refractivity contribution is 0.328. The van der Waals surface area contributed by atoms with Gasteiger partial charge in [-0.05, 0) is 31.2 Å². The van der Waals surface area contributed by atoms with E-state index in [2.05, 4.69) is 15.3 Å². The molecule has 1 aromatic heterocycles. The summed E-state index contributed by atoms with van der Waals surface area (Å²) in [6.07, 6.45) is 1.76. The molecule has 0 unspecified atom stereocenters. The number of benzene rings is 2. The van der Waals surface area contributed by atoms with E-state index < -0.39 is 7.37 Å². The molecule has 0 bridgehead atoms. The summed E-state index contributed by atoms with van der Waals surface area (Å²) in [6.45, 7) is 5.28. The van der Waals surface area contributed by atoms with Crippen molar-refractivity contribution in [1.82, 2.24) is 9.97 Å². The van der Waals surface area contributed by atoms with Gasteiger partial charge < -0.3 is 14.7 Å². The number of hydrogen-bond donors (Lipinski definition) is 1. The molecule has 0 atom stereocenters. The van der Waals surface area contributed by atoms with Gasteiger partial charge in [-0.2, -0.15) is 4.98 Å². The summed E-state index contributed by atoms with van der Waals surface area (Å²) in [5.41, 5.74) is 2.70. The predicted molar refractivity (Wildman–Crippen MR) is 110 cm³/mol. The molecule has 140 valence electrons. The van der Waals surface area contributed by atoms with Crippen molar-refractivity contribution in [2.45, 2.75) is 6.92 Å². The highest BCUT2D eigenvalue weighted by Gasteiger charge is 2.18. The van der Waals surface area contributed by atoms with E-state index in [0.29, 0.717) is 11.8 Å². The van der Waals surface area contributed by atoms with Crippen LogP contribution in [0.1, 0.15) is 5.56 Å². The second kappa shape index (κ2) is 8.33. The Labute approximate surface area is 159 Å². The van der Waals surface area contributed by atoms with Gasteiger partial charge in [0.05, 0.1) is 0 Å². The quantitative estimate of drug-likeness (QED) is 0.449. The minimum atomic E-state index is -2.64. The first-order valence-electron chi connectivity index (χ1n) is 8.60. The molecule has 0 spiro atoms. The summed E-state index contributed by atoms with van der Waals surface area (Å²) < 4.78 is 17.7. The van der Waals surface area contributed by atoms with E-state index in [1.807, 2.05) is 72.5 Å². The third kappa shape index (κ3) is 5.39. The molecule has 0 saturated carbocycles. The van der Waals surface area contributed by atoms with Crippen molar-refractivity contribution in [3.05, 3.63) is 72.4 Å². The van der Waals surface area contributed by atoms with Crippen LogP contribution in [0.2, 0.25) is 0 Å². The molecule has 6 nitrogen and oxygen atoms in total. The number of nitrogens with one attached hydrogen (secondary N) is 1. The van der Waals surface area contributed by atoms with Crippen LogP contribution < -0.4 is 10.2 Å². The molecule has 2 aromatic carbocycles. The molecule has 27 heavy (non-hydrogen) atoms. The van der Waals surface area contributed by atoms with Gasteiger partial charge in [-0.1, -0.05) is 36.4 Å². The van der Waals surface area contributed by atoms with Gasteiger partial charge in [0.1, 0.15) is 12.5 Å². The molecule has 7 heteroatoms. The zero-order chi connectivity index (χ0) is 19.3. The van der Waals surface area contributed by atoms with Crippen LogP contribution >= 0.6 is 7.37 Å². The van der Waals surface area contributed by atoms with Gasteiger partial charge in [0.15, 0.2) is 7.37 Å². The van der Waals surface area contributed by atoms with Gasteiger partial charge in [-0.3, -0.25) is 4.57 Å². The highest BCUT2D eigenvalue weighted by atomic mass is 31.2. The first kappa shape index (κ1) is 19.1. The molecule has 0 aliphatic carbocycles. The normalized spacial score (nSPS) is 11.2. The Morgan fingerprint density at radius 3 is 2.30 bits per heavy atom. The minimum Gasteiger partial charge on any atom is -0.324 e. The van der Waals surface area contributed by atoms with Gasteiger partial charge in [0, 0.05) is 36.5 Å². The molecule has 0 radical (unpaired) electrons. The highest BCUT2D eigenvalue weighted by Crippen LogP contribution is 2.39. The van der Waals surface area contributed by atoms with E-state index in [9.17, 15) is 4.57 Å². The van der Waals surface area contributed by atoms with Gasteiger partial charge in [0.25, 0.3) is 0 Å². The third-order valence-electron chi connectivity index (χ3n) is 3.80. The first-order chi connectivity index (χ1) is 12.9. The monoisotopic (exact) mass is 382 g/mol. The summed E-state index contributed by atoms with van der Waals surface area (Å²) in [5.74, 6) is 1.18. The van der Waals surface area contributed by atoms with E-state index in [1.165, 1.54) is 0 Å². The topological polar surface area (TPSA) is 67.3 Å². The molecule has 1 N–H and O–H groups in total. The molecule has 0 aliphatic rings. The number of anilines is 4. The van der Waals surface area contributed by atoms with E-state index in [-0.39, 0.29) is 6.73 Å². The molecule has 3 aromatic rings. The summed E-state index contributed by atoms with van der Waals surface area (Å²) in [5, 5.41) is 3.21. The fourth-order valence-corrected chi connectivity index (χ4v) is 2.87. The molecule has 0 fully saturated rings. The van der Waals surface area contributed by atoms with Crippen LogP contribution in [-0.2, 0) is 9.09 Å². The van der Waals surface area contributed by atoms with Gasteiger partial charge in [0.2, 0.25) is 5.95 Å². The zero-order valence-corrected chi connectivity index (χ0v) is 16.6. The summed E-state index contributed by atoms with van der Waals surface area (Å²) >= 11 is 0. The molecular weight excluding hydrogens is 359 g/mol. The van der Waals surface area contributed by atoms with Crippen molar-refractivity contribution in [2.24, 2.45) is 0 Å². The standard InChI is InChI=1S/C20H23N4O2P/c1-16-14-21-20(22-17-10-6-4-7-11-17)23-19(16)24(15-26-27(2,3)25)18-12-8-5-9-13-18/h4-14H,15H2,1-3H3,(H,21,22,23). The Bertz CT molecular complexity index is 929. The lowest BCUT2D eigenvalue weighted by Gasteiger charge is -2.26. The molecule has 0 amide bonds. The van der Waals surface area contributed by atoms with Crippen LogP contribution in [0.25, 0.3) is 0 Å². The lowest BCUT2D eigenvalue weighted by atomic mass is 10.2. The van der Waals surface area contributed by atoms with Crippen molar-refractivity contribution in [2.75, 3.05) is 30.3 Å². The van der Waals surface area contributed by atoms with Crippen molar-refractivity contribution in [3.63, 3.8) is 0 Å². The first-order valence-corrected chi connectivity index (χ1v) is 11.1. The van der Waals surface area contributed by atoms with Crippen molar-refractivity contribution in [1.29, 1.82) is 0 Å². The molecule has 1 heterocycles. The van der Waals surface area contributed by atoms with Crippen molar-refractivity contribution >= 4 is 30.5 Å². The predicted octanol–water partition coefficient (Wildman–Crippen LogP) is 5.18. The highest BCUT2D eigenvalue weighted by molar-refractivity contribution is 7.57. The number of aryl methyl sites for hydroxylation is 1. The van der Waals surface area contributed by atoms with Gasteiger partial charge in [-0.25, -0.2) is 4.98 Å². The molecular formula is C20H23N4O2P. The fourth-order valence-electron chi connectivity index (χ4n) is 2.48. The SMILES string of the molecule is Cc1cnc(Nc2ccccc2)nc1N(COP(C)(C)=O)c1ccccc1. The van der Waals surface area contributed by atoms with Crippen LogP contribution in [-0.4, -0.2) is 30.0 Å². The van der Waals surface area contributed by atoms with Crippen molar-refractivity contribution < 1.29 is 9.09 Å². The van der Waals surface area contributed by atoms with Crippen LogP contribution in [0.4, 0.5) is 23.1 Å². The van der Waals surface area contributed by atoms with E-state index >= 15 is 0 Å². The zero-order valence-electron chi connectivity index (χ0n) is 15.7. The second-order valence-electron chi connectivity index (χ2n) is 6.47. The Kier molecular flexibility index (Phi) is 5.89. The Morgan fingerprint density at radius 2 is 1.67 bits per heavy atom. The maximum absolute atomic E-state index is 12.1. The maximum atomic E-state index is 12.1. The lowest BCUT2D eigenvalue weighted by Crippen LogP contribution is -2.22. The van der Waals surface area contributed by atoms with E-state index in [0.717, 1.165) is 16.9 Å². The van der Waals surface area contributed by atoms with E-state index in [1.54, 1.807) is 19.5 Å². The van der Waals surface area contributed by atoms with Crippen LogP contribution in [0.15, 0.2) is 66.9 Å². The summed E-state index contributed by atoms with van der Waals surface area (Å²) in [7, 11) is -2.64. The minimum absolute atomic E-state index is 0.136. The fraction of sp³-hybridized carbons (Fsp3) is 0.200. The average Bonchev–Trinajstić information content (AvgIpc) is 2.65. The van der Waals surface area contributed by atoms with Crippen LogP contribution in [0.3, 0.4) is 0 Å². The number of nitrogens with zero attached hydrogens (tertiary/aromatic N) is 3. The summed E-state index contributed by atoms with van der Waals surface area (Å²) in [4.78, 5) is 10.9.